The van der Waals surface area contributed by atoms with Crippen molar-refractivity contribution in [1.82, 2.24) is 24.7 Å². The van der Waals surface area contributed by atoms with Crippen LogP contribution in [0.1, 0.15) is 25.5 Å². The summed E-state index contributed by atoms with van der Waals surface area (Å²) >= 11 is 7.05. The van der Waals surface area contributed by atoms with Gasteiger partial charge in [0.2, 0.25) is 5.28 Å². The summed E-state index contributed by atoms with van der Waals surface area (Å²) in [7, 11) is 0. The molecule has 2 rings (SSSR count). The van der Waals surface area contributed by atoms with Gasteiger partial charge in [-0.3, -0.25) is 4.57 Å². The predicted molar refractivity (Wildman–Crippen MR) is 69.1 cm³/mol. The van der Waals surface area contributed by atoms with Gasteiger partial charge in [-0.2, -0.15) is 0 Å². The maximum atomic E-state index is 11.6. The van der Waals surface area contributed by atoms with Gasteiger partial charge in [-0.15, -0.1) is 5.10 Å². The van der Waals surface area contributed by atoms with Gasteiger partial charge in [0.05, 0.1) is 0 Å². The Morgan fingerprint density at radius 3 is 2.89 bits per heavy atom. The highest BCUT2D eigenvalue weighted by Gasteiger charge is 2.14. The molecule has 2 aromatic rings. The number of aryl methyl sites for hydroxylation is 1. The zero-order valence-electron chi connectivity index (χ0n) is 10.1. The summed E-state index contributed by atoms with van der Waals surface area (Å²) in [5.41, 5.74) is 0.653. The first-order chi connectivity index (χ1) is 8.49. The van der Waals surface area contributed by atoms with Crippen LogP contribution in [0.25, 0.3) is 0 Å². The molecule has 0 radical (unpaired) electrons. The molecule has 1 N–H and O–H groups in total. The van der Waals surface area contributed by atoms with Crippen LogP contribution in [0, 0.1) is 6.92 Å². The molecule has 96 valence electrons. The van der Waals surface area contributed by atoms with Crippen molar-refractivity contribution < 1.29 is 0 Å². The van der Waals surface area contributed by atoms with E-state index in [1.54, 1.807) is 10.8 Å². The molecule has 0 bridgehead atoms. The van der Waals surface area contributed by atoms with E-state index in [1.807, 2.05) is 20.8 Å². The molecule has 0 amide bonds. The highest BCUT2D eigenvalue weighted by atomic mass is 35.5. The number of hydrogen-bond acceptors (Lipinski definition) is 5. The largest absolute Gasteiger partial charge is 0.344 e. The first-order valence-electron chi connectivity index (χ1n) is 5.33. The fourth-order valence-corrected chi connectivity index (χ4v) is 2.60. The van der Waals surface area contributed by atoms with Crippen molar-refractivity contribution in [2.24, 2.45) is 0 Å². The molecule has 0 aromatic carbocycles. The minimum atomic E-state index is -0.231. The number of aromatic amines is 1. The van der Waals surface area contributed by atoms with Crippen LogP contribution < -0.4 is 5.69 Å². The zero-order valence-corrected chi connectivity index (χ0v) is 11.7. The standard InChI is InChI=1S/C10H12ClN5OS/c1-5(2)16-9(17)14-15-10(16)18-7-6(3)4-12-8(11)13-7/h4-5H,1-3H3,(H,14,17). The Labute approximate surface area is 113 Å². The summed E-state index contributed by atoms with van der Waals surface area (Å²) in [5, 5.41) is 7.85. The van der Waals surface area contributed by atoms with Gasteiger partial charge in [-0.05, 0) is 44.1 Å². The van der Waals surface area contributed by atoms with Crippen molar-refractivity contribution in [2.45, 2.75) is 37.0 Å². The third kappa shape index (κ3) is 2.56. The maximum absolute atomic E-state index is 11.6. The lowest BCUT2D eigenvalue weighted by Gasteiger charge is -2.08. The number of halogens is 1. The molecule has 0 atom stereocenters. The quantitative estimate of drug-likeness (QED) is 0.690. The molecule has 0 aliphatic carbocycles. The SMILES string of the molecule is Cc1cnc(Cl)nc1Sc1n[nH]c(=O)n1C(C)C. The molecule has 0 saturated heterocycles. The molecular formula is C10H12ClN5OS. The molecule has 0 spiro atoms. The van der Waals surface area contributed by atoms with Gasteiger partial charge in [-0.1, -0.05) is 0 Å². The first-order valence-corrected chi connectivity index (χ1v) is 6.52. The van der Waals surface area contributed by atoms with Gasteiger partial charge in [0.25, 0.3) is 0 Å². The molecule has 0 fully saturated rings. The van der Waals surface area contributed by atoms with E-state index in [-0.39, 0.29) is 17.0 Å². The van der Waals surface area contributed by atoms with Crippen LogP contribution in [0.3, 0.4) is 0 Å². The number of H-pyrrole nitrogens is 1. The van der Waals surface area contributed by atoms with Crippen LogP contribution in [0.4, 0.5) is 0 Å². The highest BCUT2D eigenvalue weighted by Crippen LogP contribution is 2.27. The van der Waals surface area contributed by atoms with Gasteiger partial charge in [-0.25, -0.2) is 19.9 Å². The Bertz CT molecular complexity index is 621. The third-order valence-electron chi connectivity index (χ3n) is 2.27. The minimum absolute atomic E-state index is 0.0244. The molecule has 2 aromatic heterocycles. The van der Waals surface area contributed by atoms with Crippen molar-refractivity contribution in [1.29, 1.82) is 0 Å². The second kappa shape index (κ2) is 5.11. The lowest BCUT2D eigenvalue weighted by atomic mass is 10.4. The molecule has 0 aliphatic rings. The van der Waals surface area contributed by atoms with E-state index >= 15 is 0 Å². The number of rotatable bonds is 3. The van der Waals surface area contributed by atoms with Crippen LogP contribution in [0.15, 0.2) is 21.2 Å². The summed E-state index contributed by atoms with van der Waals surface area (Å²) in [6.07, 6.45) is 1.64. The predicted octanol–water partition coefficient (Wildman–Crippen LogP) is 2.06. The molecule has 8 heteroatoms. The number of hydrogen-bond donors (Lipinski definition) is 1. The van der Waals surface area contributed by atoms with Gasteiger partial charge in [0.15, 0.2) is 5.16 Å². The molecular weight excluding hydrogens is 274 g/mol. The monoisotopic (exact) mass is 285 g/mol. The third-order valence-corrected chi connectivity index (χ3v) is 3.53. The Kier molecular flexibility index (Phi) is 3.72. The van der Waals surface area contributed by atoms with E-state index in [0.29, 0.717) is 10.2 Å². The number of aromatic nitrogens is 5. The summed E-state index contributed by atoms with van der Waals surface area (Å²) in [5.74, 6) is 0. The van der Waals surface area contributed by atoms with Crippen molar-refractivity contribution >= 4 is 23.4 Å². The Hall–Kier alpha value is -1.34. The van der Waals surface area contributed by atoms with E-state index in [2.05, 4.69) is 20.2 Å². The summed E-state index contributed by atoms with van der Waals surface area (Å²) in [6.45, 7) is 5.71. The second-order valence-corrected chi connectivity index (χ2v) is 5.30. The van der Waals surface area contributed by atoms with Crippen LogP contribution in [-0.4, -0.2) is 24.7 Å². The Morgan fingerprint density at radius 2 is 2.22 bits per heavy atom. The zero-order chi connectivity index (χ0) is 13.3. The normalized spacial score (nSPS) is 11.2. The number of nitrogens with zero attached hydrogens (tertiary/aromatic N) is 4. The average Bonchev–Trinajstić information content (AvgIpc) is 2.65. The lowest BCUT2D eigenvalue weighted by Crippen LogP contribution is -2.19. The summed E-state index contributed by atoms with van der Waals surface area (Å²) in [6, 6.07) is 0.0244. The van der Waals surface area contributed by atoms with E-state index in [0.717, 1.165) is 5.56 Å². The molecule has 6 nitrogen and oxygen atoms in total. The van der Waals surface area contributed by atoms with E-state index in [4.69, 9.17) is 11.6 Å². The van der Waals surface area contributed by atoms with Gasteiger partial charge >= 0.3 is 5.69 Å². The van der Waals surface area contributed by atoms with Crippen LogP contribution in [0.5, 0.6) is 0 Å². The topological polar surface area (TPSA) is 76.5 Å². The Balaban J connectivity index is 2.40. The first kappa shape index (κ1) is 13.1. The van der Waals surface area contributed by atoms with Crippen LogP contribution in [-0.2, 0) is 0 Å². The second-order valence-electron chi connectivity index (χ2n) is 4.00. The molecule has 0 unspecified atom stereocenters. The number of nitrogens with one attached hydrogen (secondary N) is 1. The molecule has 0 saturated carbocycles. The van der Waals surface area contributed by atoms with E-state index < -0.39 is 0 Å². The van der Waals surface area contributed by atoms with Crippen molar-refractivity contribution in [2.75, 3.05) is 0 Å². The lowest BCUT2D eigenvalue weighted by molar-refractivity contribution is 0.534. The average molecular weight is 286 g/mol. The molecule has 0 aliphatic heterocycles. The fourth-order valence-electron chi connectivity index (χ4n) is 1.41. The summed E-state index contributed by atoms with van der Waals surface area (Å²) in [4.78, 5) is 19.6. The van der Waals surface area contributed by atoms with Gasteiger partial charge in [0, 0.05) is 17.8 Å². The highest BCUT2D eigenvalue weighted by molar-refractivity contribution is 7.99. The van der Waals surface area contributed by atoms with Crippen molar-refractivity contribution in [3.8, 4) is 0 Å². The smallest absolute Gasteiger partial charge is 0.267 e. The van der Waals surface area contributed by atoms with E-state index in [9.17, 15) is 4.79 Å². The van der Waals surface area contributed by atoms with Crippen LogP contribution >= 0.6 is 23.4 Å². The fraction of sp³-hybridized carbons (Fsp3) is 0.400. The minimum Gasteiger partial charge on any atom is -0.267 e. The summed E-state index contributed by atoms with van der Waals surface area (Å²) < 4.78 is 1.57. The van der Waals surface area contributed by atoms with E-state index in [1.165, 1.54) is 11.8 Å². The van der Waals surface area contributed by atoms with Crippen molar-refractivity contribution in [3.63, 3.8) is 0 Å². The van der Waals surface area contributed by atoms with Gasteiger partial charge in [0.1, 0.15) is 5.03 Å². The Morgan fingerprint density at radius 1 is 1.50 bits per heavy atom. The maximum Gasteiger partial charge on any atom is 0.344 e. The van der Waals surface area contributed by atoms with Crippen molar-refractivity contribution in [3.05, 3.63) is 27.5 Å². The molecule has 18 heavy (non-hydrogen) atoms. The van der Waals surface area contributed by atoms with Crippen LogP contribution in [0.2, 0.25) is 5.28 Å². The van der Waals surface area contributed by atoms with Gasteiger partial charge < -0.3 is 0 Å². The molecule has 2 heterocycles.